The number of ether oxygens (including phenoxy) is 2. The summed E-state index contributed by atoms with van der Waals surface area (Å²) in [6, 6.07) is 13.9. The first-order valence-electron chi connectivity index (χ1n) is 6.85. The number of nitrogens with zero attached hydrogens (tertiary/aromatic N) is 2. The first-order chi connectivity index (χ1) is 10.8. The summed E-state index contributed by atoms with van der Waals surface area (Å²) in [6.07, 6.45) is 3.70. The van der Waals surface area contributed by atoms with Gasteiger partial charge in [-0.15, -0.1) is 11.8 Å². The molecular formula is C17H16N2O2S. The van der Waals surface area contributed by atoms with Crippen LogP contribution < -0.4 is 9.47 Å². The molecule has 3 aromatic rings. The van der Waals surface area contributed by atoms with E-state index in [2.05, 4.69) is 40.5 Å². The second-order valence-corrected chi connectivity index (χ2v) is 5.58. The van der Waals surface area contributed by atoms with Gasteiger partial charge in [0.1, 0.15) is 12.4 Å². The minimum Gasteiger partial charge on any atom is -0.497 e. The predicted octanol–water partition coefficient (Wildman–Crippen LogP) is 3.94. The molecule has 0 amide bonds. The molecule has 5 heteroatoms. The fourth-order valence-corrected chi connectivity index (χ4v) is 2.46. The molecule has 0 unspecified atom stereocenters. The van der Waals surface area contributed by atoms with E-state index < -0.39 is 0 Å². The molecule has 0 atom stereocenters. The molecule has 112 valence electrons. The molecule has 0 aliphatic rings. The normalized spacial score (nSPS) is 10.6. The molecule has 1 heterocycles. The molecule has 3 rings (SSSR count). The van der Waals surface area contributed by atoms with Gasteiger partial charge in [-0.05, 0) is 36.1 Å². The molecule has 4 nitrogen and oxygen atoms in total. The summed E-state index contributed by atoms with van der Waals surface area (Å²) in [5.41, 5.74) is 2.68. The summed E-state index contributed by atoms with van der Waals surface area (Å²) in [7, 11) is 1.63. The summed E-state index contributed by atoms with van der Waals surface area (Å²) in [4.78, 5) is 10.1. The number of methoxy groups -OCH3 is 1. The zero-order chi connectivity index (χ0) is 15.4. The maximum atomic E-state index is 5.72. The Bertz CT molecular complexity index is 775. The van der Waals surface area contributed by atoms with Gasteiger partial charge in [0.15, 0.2) is 0 Å². The van der Waals surface area contributed by atoms with Crippen LogP contribution in [0.25, 0.3) is 11.0 Å². The Morgan fingerprint density at radius 3 is 2.59 bits per heavy atom. The van der Waals surface area contributed by atoms with E-state index in [1.165, 1.54) is 4.90 Å². The average Bonchev–Trinajstić information content (AvgIpc) is 2.59. The van der Waals surface area contributed by atoms with Crippen molar-refractivity contribution in [1.29, 1.82) is 0 Å². The maximum Gasteiger partial charge on any atom is 0.233 e. The van der Waals surface area contributed by atoms with E-state index in [0.717, 1.165) is 22.3 Å². The van der Waals surface area contributed by atoms with Gasteiger partial charge < -0.3 is 9.47 Å². The molecular weight excluding hydrogens is 296 g/mol. The zero-order valence-electron chi connectivity index (χ0n) is 12.4. The molecule has 0 saturated heterocycles. The Kier molecular flexibility index (Phi) is 4.44. The van der Waals surface area contributed by atoms with E-state index in [1.54, 1.807) is 25.1 Å². The number of thioether (sulfide) groups is 1. The SMILES string of the molecule is COc1ccc2nc(OCc3ccc(SC)cc3)cnc2c1. The van der Waals surface area contributed by atoms with Crippen molar-refractivity contribution in [2.75, 3.05) is 13.4 Å². The number of benzene rings is 2. The third-order valence-electron chi connectivity index (χ3n) is 3.27. The summed E-state index contributed by atoms with van der Waals surface area (Å²) >= 11 is 1.72. The molecule has 1 aromatic heterocycles. The molecule has 0 aliphatic carbocycles. The number of hydrogen-bond acceptors (Lipinski definition) is 5. The topological polar surface area (TPSA) is 44.2 Å². The van der Waals surface area contributed by atoms with E-state index in [0.29, 0.717) is 12.5 Å². The molecule has 0 N–H and O–H groups in total. The Balaban J connectivity index is 1.73. The predicted molar refractivity (Wildman–Crippen MR) is 88.6 cm³/mol. The van der Waals surface area contributed by atoms with Crippen LogP contribution in [-0.2, 0) is 6.61 Å². The highest BCUT2D eigenvalue weighted by Gasteiger charge is 2.03. The second kappa shape index (κ2) is 6.66. The number of rotatable bonds is 5. The van der Waals surface area contributed by atoms with Crippen molar-refractivity contribution >= 4 is 22.8 Å². The van der Waals surface area contributed by atoms with Crippen LogP contribution in [0.3, 0.4) is 0 Å². The molecule has 22 heavy (non-hydrogen) atoms. The van der Waals surface area contributed by atoms with Crippen LogP contribution in [0.15, 0.2) is 53.6 Å². The lowest BCUT2D eigenvalue weighted by Crippen LogP contribution is -1.98. The second-order valence-electron chi connectivity index (χ2n) is 4.70. The van der Waals surface area contributed by atoms with Gasteiger partial charge in [0.25, 0.3) is 0 Å². The first kappa shape index (κ1) is 14.7. The Labute approximate surface area is 133 Å². The van der Waals surface area contributed by atoms with Gasteiger partial charge in [-0.3, -0.25) is 0 Å². The van der Waals surface area contributed by atoms with Crippen molar-refractivity contribution < 1.29 is 9.47 Å². The molecule has 0 spiro atoms. The molecule has 2 aromatic carbocycles. The largest absolute Gasteiger partial charge is 0.497 e. The van der Waals surface area contributed by atoms with E-state index in [-0.39, 0.29) is 0 Å². The van der Waals surface area contributed by atoms with Crippen molar-refractivity contribution in [2.24, 2.45) is 0 Å². The molecule has 0 fully saturated rings. The Morgan fingerprint density at radius 1 is 1.05 bits per heavy atom. The lowest BCUT2D eigenvalue weighted by Gasteiger charge is -2.07. The molecule has 0 saturated carbocycles. The van der Waals surface area contributed by atoms with Gasteiger partial charge in [-0.2, -0.15) is 0 Å². The van der Waals surface area contributed by atoms with Gasteiger partial charge in [-0.1, -0.05) is 12.1 Å². The summed E-state index contributed by atoms with van der Waals surface area (Å²) in [5, 5.41) is 0. The fraction of sp³-hybridized carbons (Fsp3) is 0.176. The van der Waals surface area contributed by atoms with Crippen LogP contribution in [0, 0.1) is 0 Å². The molecule has 0 radical (unpaired) electrons. The summed E-state index contributed by atoms with van der Waals surface area (Å²) in [5.74, 6) is 1.29. The quantitative estimate of drug-likeness (QED) is 0.668. The van der Waals surface area contributed by atoms with Crippen LogP contribution in [-0.4, -0.2) is 23.3 Å². The fourth-order valence-electron chi connectivity index (χ4n) is 2.05. The van der Waals surface area contributed by atoms with Crippen molar-refractivity contribution in [2.45, 2.75) is 11.5 Å². The van der Waals surface area contributed by atoms with E-state index in [4.69, 9.17) is 9.47 Å². The monoisotopic (exact) mass is 312 g/mol. The number of hydrogen-bond donors (Lipinski definition) is 0. The van der Waals surface area contributed by atoms with Gasteiger partial charge in [0.05, 0.1) is 24.3 Å². The first-order valence-corrected chi connectivity index (χ1v) is 8.07. The van der Waals surface area contributed by atoms with Crippen LogP contribution >= 0.6 is 11.8 Å². The molecule has 0 aliphatic heterocycles. The highest BCUT2D eigenvalue weighted by Crippen LogP contribution is 2.20. The van der Waals surface area contributed by atoms with Gasteiger partial charge >= 0.3 is 0 Å². The third-order valence-corrected chi connectivity index (χ3v) is 4.02. The lowest BCUT2D eigenvalue weighted by molar-refractivity contribution is 0.293. The number of fused-ring (bicyclic) bond motifs is 1. The lowest BCUT2D eigenvalue weighted by atomic mass is 10.2. The molecule has 0 bridgehead atoms. The van der Waals surface area contributed by atoms with Crippen LogP contribution in [0.2, 0.25) is 0 Å². The number of aromatic nitrogens is 2. The summed E-state index contributed by atoms with van der Waals surface area (Å²) < 4.78 is 10.9. The average molecular weight is 312 g/mol. The highest BCUT2D eigenvalue weighted by molar-refractivity contribution is 7.98. The van der Waals surface area contributed by atoms with Crippen LogP contribution in [0.4, 0.5) is 0 Å². The Morgan fingerprint density at radius 2 is 1.86 bits per heavy atom. The standard InChI is InChI=1S/C17H16N2O2S/c1-20-13-5-8-15-16(9-13)18-10-17(19-15)21-11-12-3-6-14(22-2)7-4-12/h3-10H,11H2,1-2H3. The zero-order valence-corrected chi connectivity index (χ0v) is 13.3. The van der Waals surface area contributed by atoms with E-state index in [9.17, 15) is 0 Å². The van der Waals surface area contributed by atoms with Crippen molar-refractivity contribution in [1.82, 2.24) is 9.97 Å². The van der Waals surface area contributed by atoms with Crippen molar-refractivity contribution in [3.05, 3.63) is 54.2 Å². The van der Waals surface area contributed by atoms with Gasteiger partial charge in [0, 0.05) is 11.0 Å². The summed E-state index contributed by atoms with van der Waals surface area (Å²) in [6.45, 7) is 0.477. The Hall–Kier alpha value is -2.27. The van der Waals surface area contributed by atoms with Crippen LogP contribution in [0.5, 0.6) is 11.6 Å². The van der Waals surface area contributed by atoms with Crippen molar-refractivity contribution in [3.63, 3.8) is 0 Å². The highest BCUT2D eigenvalue weighted by atomic mass is 32.2. The van der Waals surface area contributed by atoms with Crippen LogP contribution in [0.1, 0.15) is 5.56 Å². The van der Waals surface area contributed by atoms with Crippen molar-refractivity contribution in [3.8, 4) is 11.6 Å². The smallest absolute Gasteiger partial charge is 0.233 e. The van der Waals surface area contributed by atoms with Gasteiger partial charge in [-0.25, -0.2) is 9.97 Å². The van der Waals surface area contributed by atoms with E-state index in [1.807, 2.05) is 18.2 Å². The minimum absolute atomic E-state index is 0.477. The minimum atomic E-state index is 0.477. The van der Waals surface area contributed by atoms with Gasteiger partial charge in [0.2, 0.25) is 5.88 Å². The van der Waals surface area contributed by atoms with E-state index >= 15 is 0 Å². The third kappa shape index (κ3) is 3.31. The maximum absolute atomic E-state index is 5.72.